The Morgan fingerprint density at radius 1 is 1.44 bits per heavy atom. The zero-order valence-corrected chi connectivity index (χ0v) is 10.4. The molecule has 2 atom stereocenters. The molecule has 0 aromatic rings. The van der Waals surface area contributed by atoms with Crippen LogP contribution in [0.3, 0.4) is 0 Å². The Kier molecular flexibility index (Phi) is 3.85. The van der Waals surface area contributed by atoms with Crippen LogP contribution in [-0.2, 0) is 4.74 Å². The number of hydrogen-bond donors (Lipinski definition) is 2. The lowest BCUT2D eigenvalue weighted by molar-refractivity contribution is -0.0306. The van der Waals surface area contributed by atoms with Gasteiger partial charge in [0.1, 0.15) is 0 Å². The smallest absolute Gasteiger partial charge is 0.0798 e. The van der Waals surface area contributed by atoms with E-state index in [1.54, 1.807) is 0 Å². The van der Waals surface area contributed by atoms with Crippen molar-refractivity contribution in [1.29, 1.82) is 0 Å². The summed E-state index contributed by atoms with van der Waals surface area (Å²) in [5.74, 6) is 0. The maximum absolute atomic E-state index is 10.5. The summed E-state index contributed by atoms with van der Waals surface area (Å²) in [4.78, 5) is 2.28. The van der Waals surface area contributed by atoms with Gasteiger partial charge < -0.3 is 15.2 Å². The van der Waals surface area contributed by atoms with Gasteiger partial charge in [0, 0.05) is 19.2 Å². The Morgan fingerprint density at radius 2 is 2.12 bits per heavy atom. The van der Waals surface area contributed by atoms with E-state index in [1.807, 2.05) is 0 Å². The molecule has 94 valence electrons. The van der Waals surface area contributed by atoms with Crippen LogP contribution in [0.15, 0.2) is 0 Å². The molecule has 0 saturated carbocycles. The highest BCUT2D eigenvalue weighted by atomic mass is 16.5. The van der Waals surface area contributed by atoms with Gasteiger partial charge in [-0.15, -0.1) is 0 Å². The summed E-state index contributed by atoms with van der Waals surface area (Å²) in [6, 6.07) is 0.471. The fraction of sp³-hybridized carbons (Fsp3) is 1.00. The molecule has 0 bridgehead atoms. The molecule has 0 aromatic heterocycles. The van der Waals surface area contributed by atoms with Crippen molar-refractivity contribution in [2.45, 2.75) is 43.9 Å². The number of likely N-dealkylation sites (N-methyl/N-ethyl adjacent to an activating group) is 1. The summed E-state index contributed by atoms with van der Waals surface area (Å²) in [6.07, 6.45) is 3.11. The Hall–Kier alpha value is -0.160. The van der Waals surface area contributed by atoms with Gasteiger partial charge in [-0.1, -0.05) is 0 Å². The minimum Gasteiger partial charge on any atom is -0.388 e. The van der Waals surface area contributed by atoms with E-state index in [4.69, 9.17) is 4.74 Å². The van der Waals surface area contributed by atoms with E-state index in [0.717, 1.165) is 45.5 Å². The molecule has 0 aliphatic carbocycles. The predicted octanol–water partition coefficient (Wildman–Crippen LogP) is 0.210. The first-order valence-electron chi connectivity index (χ1n) is 6.36. The van der Waals surface area contributed by atoms with E-state index >= 15 is 0 Å². The van der Waals surface area contributed by atoms with Gasteiger partial charge in [0.25, 0.3) is 0 Å². The summed E-state index contributed by atoms with van der Waals surface area (Å²) >= 11 is 0. The van der Waals surface area contributed by atoms with Crippen molar-refractivity contribution in [3.05, 3.63) is 0 Å². The molecule has 2 heterocycles. The zero-order valence-electron chi connectivity index (χ0n) is 10.4. The standard InChI is InChI=1S/C12H24N2O2/c1-10-11(3-8-16-10)14(2)9-12(15)4-6-13-7-5-12/h10-11,13,15H,3-9H2,1-2H3. The van der Waals surface area contributed by atoms with Crippen molar-refractivity contribution in [2.75, 3.05) is 33.3 Å². The number of rotatable bonds is 3. The van der Waals surface area contributed by atoms with Gasteiger partial charge >= 0.3 is 0 Å². The molecule has 2 aliphatic heterocycles. The van der Waals surface area contributed by atoms with Gasteiger partial charge in [0.15, 0.2) is 0 Å². The summed E-state index contributed by atoms with van der Waals surface area (Å²) in [5.41, 5.74) is -0.498. The molecule has 2 saturated heterocycles. The van der Waals surface area contributed by atoms with Crippen molar-refractivity contribution in [1.82, 2.24) is 10.2 Å². The van der Waals surface area contributed by atoms with Crippen molar-refractivity contribution < 1.29 is 9.84 Å². The maximum Gasteiger partial charge on any atom is 0.0798 e. The number of aliphatic hydroxyl groups is 1. The molecule has 2 N–H and O–H groups in total. The fourth-order valence-corrected chi connectivity index (χ4v) is 2.93. The van der Waals surface area contributed by atoms with Crippen LogP contribution in [0.1, 0.15) is 26.2 Å². The Morgan fingerprint density at radius 3 is 2.69 bits per heavy atom. The van der Waals surface area contributed by atoms with E-state index < -0.39 is 5.60 Å². The second-order valence-electron chi connectivity index (χ2n) is 5.32. The van der Waals surface area contributed by atoms with Crippen molar-refractivity contribution >= 4 is 0 Å². The third kappa shape index (κ3) is 2.74. The first-order chi connectivity index (χ1) is 7.61. The SMILES string of the molecule is CC1OCCC1N(C)CC1(O)CCNCC1. The molecule has 4 nitrogen and oxygen atoms in total. The van der Waals surface area contributed by atoms with E-state index in [9.17, 15) is 5.11 Å². The Labute approximate surface area is 98.0 Å². The molecular weight excluding hydrogens is 204 g/mol. The Balaban J connectivity index is 1.87. The molecule has 2 fully saturated rings. The van der Waals surface area contributed by atoms with Crippen LogP contribution in [0.4, 0.5) is 0 Å². The first-order valence-corrected chi connectivity index (χ1v) is 6.36. The minimum atomic E-state index is -0.498. The third-order valence-corrected chi connectivity index (χ3v) is 3.98. The lowest BCUT2D eigenvalue weighted by Gasteiger charge is -2.38. The summed E-state index contributed by atoms with van der Waals surface area (Å²) < 4.78 is 5.57. The largest absolute Gasteiger partial charge is 0.388 e. The van der Waals surface area contributed by atoms with Crippen LogP contribution < -0.4 is 5.32 Å². The molecule has 0 radical (unpaired) electrons. The lowest BCUT2D eigenvalue weighted by Crippen LogP contribution is -2.52. The minimum absolute atomic E-state index is 0.301. The third-order valence-electron chi connectivity index (χ3n) is 3.98. The fourth-order valence-electron chi connectivity index (χ4n) is 2.93. The average molecular weight is 228 g/mol. The average Bonchev–Trinajstić information content (AvgIpc) is 2.65. The quantitative estimate of drug-likeness (QED) is 0.725. The van der Waals surface area contributed by atoms with Gasteiger partial charge in [-0.05, 0) is 46.3 Å². The van der Waals surface area contributed by atoms with Gasteiger partial charge in [-0.3, -0.25) is 4.90 Å². The zero-order chi connectivity index (χ0) is 11.6. The summed E-state index contributed by atoms with van der Waals surface area (Å²) in [7, 11) is 2.11. The normalized spacial score (nSPS) is 34.5. The second-order valence-corrected chi connectivity index (χ2v) is 5.32. The van der Waals surface area contributed by atoms with Gasteiger partial charge in [-0.2, -0.15) is 0 Å². The van der Waals surface area contributed by atoms with E-state index in [1.165, 1.54) is 0 Å². The second kappa shape index (κ2) is 5.00. The first kappa shape index (κ1) is 12.3. The number of nitrogens with one attached hydrogen (secondary N) is 1. The van der Waals surface area contributed by atoms with Crippen LogP contribution in [0.2, 0.25) is 0 Å². The molecule has 0 spiro atoms. The highest BCUT2D eigenvalue weighted by Crippen LogP contribution is 2.24. The molecule has 16 heavy (non-hydrogen) atoms. The van der Waals surface area contributed by atoms with Crippen LogP contribution >= 0.6 is 0 Å². The number of nitrogens with zero attached hydrogens (tertiary/aromatic N) is 1. The highest BCUT2D eigenvalue weighted by molar-refractivity contribution is 4.90. The lowest BCUT2D eigenvalue weighted by atomic mass is 9.91. The van der Waals surface area contributed by atoms with Gasteiger partial charge in [0.2, 0.25) is 0 Å². The van der Waals surface area contributed by atoms with Crippen LogP contribution in [0.25, 0.3) is 0 Å². The summed E-state index contributed by atoms with van der Waals surface area (Å²) in [6.45, 7) is 5.62. The molecular formula is C12H24N2O2. The monoisotopic (exact) mass is 228 g/mol. The van der Waals surface area contributed by atoms with E-state index in [-0.39, 0.29) is 0 Å². The molecule has 0 amide bonds. The van der Waals surface area contributed by atoms with E-state index in [2.05, 4.69) is 24.2 Å². The van der Waals surface area contributed by atoms with Crippen LogP contribution in [0, 0.1) is 0 Å². The molecule has 2 unspecified atom stereocenters. The van der Waals surface area contributed by atoms with Crippen LogP contribution in [0.5, 0.6) is 0 Å². The van der Waals surface area contributed by atoms with Crippen molar-refractivity contribution in [3.63, 3.8) is 0 Å². The number of ether oxygens (including phenoxy) is 1. The molecule has 2 aliphatic rings. The van der Waals surface area contributed by atoms with Crippen molar-refractivity contribution in [3.8, 4) is 0 Å². The molecule has 4 heteroatoms. The number of hydrogen-bond acceptors (Lipinski definition) is 4. The molecule has 2 rings (SSSR count). The maximum atomic E-state index is 10.5. The van der Waals surface area contributed by atoms with Crippen LogP contribution in [-0.4, -0.2) is 61.0 Å². The van der Waals surface area contributed by atoms with Crippen molar-refractivity contribution in [2.24, 2.45) is 0 Å². The molecule has 0 aromatic carbocycles. The van der Waals surface area contributed by atoms with Gasteiger partial charge in [-0.25, -0.2) is 0 Å². The number of piperidine rings is 1. The van der Waals surface area contributed by atoms with E-state index in [0.29, 0.717) is 12.1 Å². The summed E-state index contributed by atoms with van der Waals surface area (Å²) in [5, 5.41) is 13.8. The van der Waals surface area contributed by atoms with Gasteiger partial charge in [0.05, 0.1) is 11.7 Å². The Bertz CT molecular complexity index is 229. The predicted molar refractivity (Wildman–Crippen MR) is 63.5 cm³/mol. The topological polar surface area (TPSA) is 44.7 Å². The highest BCUT2D eigenvalue weighted by Gasteiger charge is 2.35.